The summed E-state index contributed by atoms with van der Waals surface area (Å²) in [5.41, 5.74) is 1.31. The van der Waals surface area contributed by atoms with Crippen LogP contribution in [0.25, 0.3) is 0 Å². The second kappa shape index (κ2) is 9.76. The fourth-order valence-corrected chi connectivity index (χ4v) is 3.88. The molecule has 0 aliphatic heterocycles. The molecule has 31 heavy (non-hydrogen) atoms. The lowest BCUT2D eigenvalue weighted by Crippen LogP contribution is -2.19. The number of aromatic nitrogens is 1. The average Bonchev–Trinajstić information content (AvgIpc) is 2.75. The lowest BCUT2D eigenvalue weighted by Gasteiger charge is -2.10. The van der Waals surface area contributed by atoms with Gasteiger partial charge in [0, 0.05) is 17.4 Å². The second-order valence-corrected chi connectivity index (χ2v) is 8.78. The molecule has 1 aromatic heterocycles. The Hall–Kier alpha value is -3.17. The molecule has 0 saturated heterocycles. The van der Waals surface area contributed by atoms with E-state index in [2.05, 4.69) is 15.0 Å². The molecule has 0 aliphatic carbocycles. The van der Waals surface area contributed by atoms with Crippen LogP contribution in [-0.4, -0.2) is 32.2 Å². The van der Waals surface area contributed by atoms with E-state index in [1.165, 1.54) is 30.5 Å². The van der Waals surface area contributed by atoms with Gasteiger partial charge in [0.2, 0.25) is 10.0 Å². The van der Waals surface area contributed by atoms with Crippen LogP contribution in [0.1, 0.15) is 15.9 Å². The van der Waals surface area contributed by atoms with Crippen molar-refractivity contribution in [2.24, 2.45) is 0 Å². The van der Waals surface area contributed by atoms with Crippen molar-refractivity contribution in [3.63, 3.8) is 0 Å². The number of hydrogen-bond donors (Lipinski definition) is 2. The van der Waals surface area contributed by atoms with Crippen LogP contribution in [0.4, 0.5) is 15.9 Å². The van der Waals surface area contributed by atoms with Gasteiger partial charge >= 0.3 is 0 Å². The Kier molecular flexibility index (Phi) is 7.09. The predicted octanol–water partition coefficient (Wildman–Crippen LogP) is 4.12. The Bertz CT molecular complexity index is 1190. The quantitative estimate of drug-likeness (QED) is 0.523. The van der Waals surface area contributed by atoms with Crippen molar-refractivity contribution in [2.45, 2.75) is 6.42 Å². The number of rotatable bonds is 8. The maximum absolute atomic E-state index is 13.3. The van der Waals surface area contributed by atoms with Gasteiger partial charge in [-0.25, -0.2) is 17.8 Å². The summed E-state index contributed by atoms with van der Waals surface area (Å²) < 4.78 is 45.5. The molecule has 2 N–H and O–H groups in total. The first-order chi connectivity index (χ1) is 14.8. The number of nitrogens with zero attached hydrogens (tertiary/aromatic N) is 1. The van der Waals surface area contributed by atoms with Crippen LogP contribution in [0, 0.1) is 5.82 Å². The Labute approximate surface area is 184 Å². The summed E-state index contributed by atoms with van der Waals surface area (Å²) in [5.74, 6) is -0.587. The number of aryl methyl sites for hydroxylation is 1. The fourth-order valence-electron chi connectivity index (χ4n) is 2.66. The van der Waals surface area contributed by atoms with Gasteiger partial charge in [0.05, 0.1) is 17.9 Å². The molecule has 0 unspecified atom stereocenters. The minimum absolute atomic E-state index is 0.0134. The van der Waals surface area contributed by atoms with Crippen molar-refractivity contribution >= 4 is 39.0 Å². The Morgan fingerprint density at radius 1 is 1.13 bits per heavy atom. The number of pyridine rings is 1. The zero-order valence-electron chi connectivity index (χ0n) is 16.4. The largest absolute Gasteiger partial charge is 0.497 e. The number of ether oxygens (including phenoxy) is 1. The van der Waals surface area contributed by atoms with Gasteiger partial charge in [-0.2, -0.15) is 0 Å². The molecule has 0 atom stereocenters. The van der Waals surface area contributed by atoms with Crippen LogP contribution in [0.2, 0.25) is 5.02 Å². The van der Waals surface area contributed by atoms with Gasteiger partial charge in [-0.3, -0.25) is 9.52 Å². The lowest BCUT2D eigenvalue weighted by atomic mass is 10.2. The first-order valence-electron chi connectivity index (χ1n) is 9.11. The average molecular weight is 464 g/mol. The number of methoxy groups -OCH3 is 1. The minimum atomic E-state index is -3.69. The van der Waals surface area contributed by atoms with E-state index < -0.39 is 21.7 Å². The zero-order valence-corrected chi connectivity index (χ0v) is 18.0. The highest BCUT2D eigenvalue weighted by molar-refractivity contribution is 7.92. The number of amides is 1. The molecule has 0 fully saturated rings. The number of benzene rings is 2. The lowest BCUT2D eigenvalue weighted by molar-refractivity contribution is 0.102. The molecule has 1 heterocycles. The van der Waals surface area contributed by atoms with E-state index in [1.54, 1.807) is 31.4 Å². The monoisotopic (exact) mass is 463 g/mol. The van der Waals surface area contributed by atoms with Crippen molar-refractivity contribution in [1.82, 2.24) is 4.98 Å². The smallest absolute Gasteiger partial charge is 0.255 e. The third-order valence-corrected chi connectivity index (χ3v) is 5.83. The van der Waals surface area contributed by atoms with Gasteiger partial charge in [0.15, 0.2) is 0 Å². The highest BCUT2D eigenvalue weighted by atomic mass is 35.5. The van der Waals surface area contributed by atoms with E-state index >= 15 is 0 Å². The normalized spacial score (nSPS) is 11.1. The molecule has 0 saturated carbocycles. The molecule has 0 bridgehead atoms. The number of halogens is 2. The molecular formula is C21H19ClFN3O4S. The van der Waals surface area contributed by atoms with E-state index in [9.17, 15) is 17.6 Å². The number of sulfonamides is 1. The molecule has 2 aromatic carbocycles. The third kappa shape index (κ3) is 6.40. The van der Waals surface area contributed by atoms with Crippen molar-refractivity contribution in [2.75, 3.05) is 22.9 Å². The van der Waals surface area contributed by atoms with Gasteiger partial charge in [0.25, 0.3) is 5.91 Å². The van der Waals surface area contributed by atoms with Crippen LogP contribution in [-0.2, 0) is 16.4 Å². The number of nitrogens with one attached hydrogen (secondary N) is 2. The van der Waals surface area contributed by atoms with Crippen molar-refractivity contribution in [1.29, 1.82) is 0 Å². The minimum Gasteiger partial charge on any atom is -0.497 e. The number of hydrogen-bond acceptors (Lipinski definition) is 5. The maximum atomic E-state index is 13.3. The van der Waals surface area contributed by atoms with Crippen molar-refractivity contribution in [3.8, 4) is 5.75 Å². The van der Waals surface area contributed by atoms with Gasteiger partial charge < -0.3 is 10.1 Å². The fraction of sp³-hybridized carbons (Fsp3) is 0.143. The van der Waals surface area contributed by atoms with Gasteiger partial charge in [-0.05, 0) is 54.4 Å². The molecule has 7 nitrogen and oxygen atoms in total. The first kappa shape index (κ1) is 22.5. The molecule has 3 rings (SSSR count). The topological polar surface area (TPSA) is 97.4 Å². The molecule has 3 aromatic rings. The maximum Gasteiger partial charge on any atom is 0.255 e. The summed E-state index contributed by atoms with van der Waals surface area (Å²) in [6, 6.07) is 13.6. The molecular weight excluding hydrogens is 445 g/mol. The van der Waals surface area contributed by atoms with Crippen molar-refractivity contribution < 1.29 is 22.3 Å². The van der Waals surface area contributed by atoms with Crippen LogP contribution in [0.15, 0.2) is 60.8 Å². The second-order valence-electron chi connectivity index (χ2n) is 6.53. The van der Waals surface area contributed by atoms with E-state index in [0.29, 0.717) is 17.9 Å². The molecule has 162 valence electrons. The third-order valence-electron chi connectivity index (χ3n) is 4.28. The van der Waals surface area contributed by atoms with Gasteiger partial charge in [0.1, 0.15) is 17.4 Å². The molecule has 0 aliphatic rings. The highest BCUT2D eigenvalue weighted by Crippen LogP contribution is 2.20. The van der Waals surface area contributed by atoms with E-state index in [1.807, 2.05) is 0 Å². The predicted molar refractivity (Wildman–Crippen MR) is 118 cm³/mol. The number of carbonyl (C=O) groups excluding carboxylic acids is 1. The van der Waals surface area contributed by atoms with Gasteiger partial charge in [-0.1, -0.05) is 23.7 Å². The standard InChI is InChI=1S/C21H19ClFN3O4S/c1-30-17-5-2-14(3-6-17)9-11-31(28,29)26-20-12-15(8-10-24-20)21(27)25-16-4-7-19(23)18(22)13-16/h2-8,10,12-13H,9,11H2,1H3,(H,24,26)(H,25,27). The molecule has 0 spiro atoms. The van der Waals surface area contributed by atoms with E-state index in [-0.39, 0.29) is 22.2 Å². The number of carbonyl (C=O) groups is 1. The summed E-state index contributed by atoms with van der Waals surface area (Å²) in [6.07, 6.45) is 1.61. The van der Waals surface area contributed by atoms with Crippen LogP contribution < -0.4 is 14.8 Å². The SMILES string of the molecule is COc1ccc(CCS(=O)(=O)Nc2cc(C(=O)Nc3ccc(F)c(Cl)c3)ccn2)cc1. The Morgan fingerprint density at radius 2 is 1.87 bits per heavy atom. The summed E-state index contributed by atoms with van der Waals surface area (Å²) >= 11 is 5.71. The molecule has 1 amide bonds. The zero-order chi connectivity index (χ0) is 22.4. The van der Waals surface area contributed by atoms with Gasteiger partial charge in [-0.15, -0.1) is 0 Å². The molecule has 10 heteroatoms. The van der Waals surface area contributed by atoms with E-state index in [4.69, 9.17) is 16.3 Å². The Balaban J connectivity index is 1.64. The van der Waals surface area contributed by atoms with Crippen LogP contribution >= 0.6 is 11.6 Å². The van der Waals surface area contributed by atoms with Crippen LogP contribution in [0.5, 0.6) is 5.75 Å². The highest BCUT2D eigenvalue weighted by Gasteiger charge is 2.14. The van der Waals surface area contributed by atoms with Crippen LogP contribution in [0.3, 0.4) is 0 Å². The summed E-state index contributed by atoms with van der Waals surface area (Å²) in [5, 5.41) is 2.44. The summed E-state index contributed by atoms with van der Waals surface area (Å²) in [7, 11) is -2.14. The van der Waals surface area contributed by atoms with E-state index in [0.717, 1.165) is 11.6 Å². The number of anilines is 2. The summed E-state index contributed by atoms with van der Waals surface area (Å²) in [6.45, 7) is 0. The summed E-state index contributed by atoms with van der Waals surface area (Å²) in [4.78, 5) is 16.4. The first-order valence-corrected chi connectivity index (χ1v) is 11.1. The molecule has 0 radical (unpaired) electrons. The Morgan fingerprint density at radius 3 is 2.55 bits per heavy atom. The van der Waals surface area contributed by atoms with Crippen molar-refractivity contribution in [3.05, 3.63) is 82.8 Å².